The third kappa shape index (κ3) is 0.906. The number of rotatable bonds is 0. The van der Waals surface area contributed by atoms with Crippen molar-refractivity contribution in [2.45, 2.75) is 6.92 Å². The number of H-pyrrole nitrogens is 1. The summed E-state index contributed by atoms with van der Waals surface area (Å²) in [5.41, 5.74) is 1.98. The minimum absolute atomic E-state index is 0.676. The van der Waals surface area contributed by atoms with Gasteiger partial charge in [-0.3, -0.25) is 4.98 Å². The van der Waals surface area contributed by atoms with Crippen molar-refractivity contribution in [1.82, 2.24) is 9.97 Å². The highest BCUT2D eigenvalue weighted by molar-refractivity contribution is 6.34. The number of aryl methyl sites for hydroxylation is 1. The molecule has 2 aromatic rings. The van der Waals surface area contributed by atoms with Gasteiger partial charge in [0.05, 0.1) is 10.5 Å². The first kappa shape index (κ1) is 6.68. The van der Waals surface area contributed by atoms with Gasteiger partial charge in [0.25, 0.3) is 0 Å². The van der Waals surface area contributed by atoms with Crippen LogP contribution in [0.4, 0.5) is 0 Å². The van der Waals surface area contributed by atoms with Crippen LogP contribution < -0.4 is 0 Å². The summed E-state index contributed by atoms with van der Waals surface area (Å²) in [6.07, 6.45) is 3.53. The Morgan fingerprint density at radius 2 is 2.36 bits per heavy atom. The molecular formula is C8H7ClN2. The lowest BCUT2D eigenvalue weighted by Gasteiger charge is -1.95. The van der Waals surface area contributed by atoms with Crippen molar-refractivity contribution >= 4 is 22.5 Å². The molecule has 0 saturated heterocycles. The Labute approximate surface area is 69.2 Å². The summed E-state index contributed by atoms with van der Waals surface area (Å²) in [7, 11) is 0. The number of halogens is 1. The van der Waals surface area contributed by atoms with Crippen molar-refractivity contribution in [2.24, 2.45) is 0 Å². The largest absolute Gasteiger partial charge is 0.360 e. The molecule has 0 aliphatic carbocycles. The first-order chi connectivity index (χ1) is 5.29. The summed E-state index contributed by atoms with van der Waals surface area (Å²) in [6, 6.07) is 1.98. The molecule has 0 saturated carbocycles. The summed E-state index contributed by atoms with van der Waals surface area (Å²) in [5.74, 6) is 0. The Morgan fingerprint density at radius 1 is 1.55 bits per heavy atom. The summed E-state index contributed by atoms with van der Waals surface area (Å²) in [6.45, 7) is 1.96. The molecule has 0 aromatic carbocycles. The van der Waals surface area contributed by atoms with Gasteiger partial charge in [-0.1, -0.05) is 11.6 Å². The zero-order valence-electron chi connectivity index (χ0n) is 6.06. The lowest BCUT2D eigenvalue weighted by Crippen LogP contribution is -1.81. The van der Waals surface area contributed by atoms with E-state index in [1.54, 1.807) is 6.20 Å². The molecule has 0 unspecified atom stereocenters. The second-order valence-electron chi connectivity index (χ2n) is 2.46. The van der Waals surface area contributed by atoms with Gasteiger partial charge in [0, 0.05) is 23.5 Å². The van der Waals surface area contributed by atoms with E-state index in [1.165, 1.54) is 0 Å². The maximum absolute atomic E-state index is 5.88. The van der Waals surface area contributed by atoms with Crippen LogP contribution in [0.15, 0.2) is 18.5 Å². The van der Waals surface area contributed by atoms with E-state index in [0.717, 1.165) is 16.6 Å². The van der Waals surface area contributed by atoms with Crippen LogP contribution in [0.25, 0.3) is 10.9 Å². The molecule has 56 valence electrons. The Hall–Kier alpha value is -1.02. The predicted octanol–water partition coefficient (Wildman–Crippen LogP) is 2.52. The van der Waals surface area contributed by atoms with E-state index in [2.05, 4.69) is 9.97 Å². The Morgan fingerprint density at radius 3 is 3.09 bits per heavy atom. The zero-order valence-corrected chi connectivity index (χ0v) is 6.81. The van der Waals surface area contributed by atoms with Gasteiger partial charge in [-0.05, 0) is 13.0 Å². The molecule has 0 aliphatic heterocycles. The summed E-state index contributed by atoms with van der Waals surface area (Å²) in [5, 5.41) is 1.77. The Kier molecular flexibility index (Phi) is 1.36. The first-order valence-electron chi connectivity index (χ1n) is 3.37. The van der Waals surface area contributed by atoms with Gasteiger partial charge in [0.1, 0.15) is 0 Å². The van der Waals surface area contributed by atoms with Gasteiger partial charge in [-0.2, -0.15) is 0 Å². The lowest BCUT2D eigenvalue weighted by atomic mass is 10.2. The van der Waals surface area contributed by atoms with Crippen LogP contribution in [0.3, 0.4) is 0 Å². The topological polar surface area (TPSA) is 28.7 Å². The number of hydrogen-bond donors (Lipinski definition) is 1. The van der Waals surface area contributed by atoms with E-state index in [1.807, 2.05) is 19.2 Å². The van der Waals surface area contributed by atoms with Crippen molar-refractivity contribution in [1.29, 1.82) is 0 Å². The molecule has 1 N–H and O–H groups in total. The molecule has 0 fully saturated rings. The van der Waals surface area contributed by atoms with Crippen LogP contribution >= 0.6 is 11.6 Å². The van der Waals surface area contributed by atoms with E-state index in [0.29, 0.717) is 5.02 Å². The molecule has 0 radical (unpaired) electrons. The molecule has 2 rings (SSSR count). The monoisotopic (exact) mass is 166 g/mol. The van der Waals surface area contributed by atoms with E-state index < -0.39 is 0 Å². The number of fused-ring (bicyclic) bond motifs is 1. The molecule has 0 bridgehead atoms. The zero-order chi connectivity index (χ0) is 7.84. The van der Waals surface area contributed by atoms with Crippen LogP contribution in [0.2, 0.25) is 5.02 Å². The number of aromatic amines is 1. The van der Waals surface area contributed by atoms with Crippen molar-refractivity contribution in [3.8, 4) is 0 Å². The van der Waals surface area contributed by atoms with Gasteiger partial charge < -0.3 is 4.98 Å². The van der Waals surface area contributed by atoms with Crippen molar-refractivity contribution < 1.29 is 0 Å². The normalized spacial score (nSPS) is 10.7. The minimum atomic E-state index is 0.676. The van der Waals surface area contributed by atoms with Crippen LogP contribution in [-0.2, 0) is 0 Å². The number of pyridine rings is 1. The minimum Gasteiger partial charge on any atom is -0.360 e. The Bertz CT molecular complexity index is 356. The first-order valence-corrected chi connectivity index (χ1v) is 3.75. The van der Waals surface area contributed by atoms with Gasteiger partial charge in [0.15, 0.2) is 0 Å². The third-order valence-electron chi connectivity index (χ3n) is 1.75. The van der Waals surface area contributed by atoms with Crippen molar-refractivity contribution in [3.63, 3.8) is 0 Å². The Balaban J connectivity index is 2.96. The standard InChI is InChI=1S/C8H7ClN2/c1-5-6-2-3-10-8(6)7(9)4-11-5/h2-4,10H,1H3. The highest BCUT2D eigenvalue weighted by atomic mass is 35.5. The second kappa shape index (κ2) is 2.24. The fourth-order valence-corrected chi connectivity index (χ4v) is 1.36. The van der Waals surface area contributed by atoms with Crippen LogP contribution in [-0.4, -0.2) is 9.97 Å². The van der Waals surface area contributed by atoms with Gasteiger partial charge >= 0.3 is 0 Å². The molecule has 0 amide bonds. The van der Waals surface area contributed by atoms with Gasteiger partial charge in [0.2, 0.25) is 0 Å². The number of nitrogens with one attached hydrogen (secondary N) is 1. The molecule has 0 atom stereocenters. The smallest absolute Gasteiger partial charge is 0.0830 e. The average Bonchev–Trinajstić information content (AvgIpc) is 2.45. The molecule has 0 spiro atoms. The van der Waals surface area contributed by atoms with Crippen LogP contribution in [0, 0.1) is 6.92 Å². The maximum atomic E-state index is 5.88. The van der Waals surface area contributed by atoms with Gasteiger partial charge in [-0.15, -0.1) is 0 Å². The second-order valence-corrected chi connectivity index (χ2v) is 2.87. The predicted molar refractivity (Wildman–Crippen MR) is 45.8 cm³/mol. The van der Waals surface area contributed by atoms with Gasteiger partial charge in [-0.25, -0.2) is 0 Å². The molecule has 2 heterocycles. The lowest BCUT2D eigenvalue weighted by molar-refractivity contribution is 1.23. The van der Waals surface area contributed by atoms with E-state index in [4.69, 9.17) is 11.6 Å². The summed E-state index contributed by atoms with van der Waals surface area (Å²) in [4.78, 5) is 7.18. The van der Waals surface area contributed by atoms with Crippen molar-refractivity contribution in [2.75, 3.05) is 0 Å². The number of nitrogens with zero attached hydrogens (tertiary/aromatic N) is 1. The van der Waals surface area contributed by atoms with Crippen molar-refractivity contribution in [3.05, 3.63) is 29.2 Å². The third-order valence-corrected chi connectivity index (χ3v) is 2.03. The summed E-state index contributed by atoms with van der Waals surface area (Å²) < 4.78 is 0. The highest BCUT2D eigenvalue weighted by Gasteiger charge is 2.01. The molecule has 2 aromatic heterocycles. The van der Waals surface area contributed by atoms with Crippen LogP contribution in [0.5, 0.6) is 0 Å². The number of aromatic nitrogens is 2. The van der Waals surface area contributed by atoms with E-state index in [9.17, 15) is 0 Å². The van der Waals surface area contributed by atoms with E-state index in [-0.39, 0.29) is 0 Å². The molecular weight excluding hydrogens is 160 g/mol. The maximum Gasteiger partial charge on any atom is 0.0830 e. The molecule has 11 heavy (non-hydrogen) atoms. The molecule has 3 heteroatoms. The average molecular weight is 167 g/mol. The molecule has 2 nitrogen and oxygen atoms in total. The fraction of sp³-hybridized carbons (Fsp3) is 0.125. The number of hydrogen-bond acceptors (Lipinski definition) is 1. The van der Waals surface area contributed by atoms with Crippen LogP contribution in [0.1, 0.15) is 5.69 Å². The SMILES string of the molecule is Cc1ncc(Cl)c2[nH]ccc12. The fourth-order valence-electron chi connectivity index (χ4n) is 1.16. The summed E-state index contributed by atoms with van der Waals surface area (Å²) >= 11 is 5.88. The quantitative estimate of drug-likeness (QED) is 0.640. The van der Waals surface area contributed by atoms with E-state index >= 15 is 0 Å². The molecule has 0 aliphatic rings. The highest BCUT2D eigenvalue weighted by Crippen LogP contribution is 2.22.